The molecule has 0 amide bonds. The third-order valence-electron chi connectivity index (χ3n) is 3.34. The molecule has 0 saturated heterocycles. The molecule has 0 aromatic heterocycles. The molecule has 0 radical (unpaired) electrons. The second-order valence-corrected chi connectivity index (χ2v) is 5.52. The van der Waals surface area contributed by atoms with E-state index in [9.17, 15) is 0 Å². The van der Waals surface area contributed by atoms with Gasteiger partial charge in [0.05, 0.1) is 12.3 Å². The Kier molecular flexibility index (Phi) is 5.20. The summed E-state index contributed by atoms with van der Waals surface area (Å²) in [4.78, 5) is 2.43. The van der Waals surface area contributed by atoms with Gasteiger partial charge in [0.15, 0.2) is 0 Å². The third-order valence-corrected chi connectivity index (χ3v) is 3.99. The van der Waals surface area contributed by atoms with Crippen LogP contribution in [0.3, 0.4) is 0 Å². The van der Waals surface area contributed by atoms with Gasteiger partial charge in [0.1, 0.15) is 5.75 Å². The molecule has 2 rings (SSSR count). The van der Waals surface area contributed by atoms with E-state index in [0.717, 1.165) is 37.5 Å². The highest BCUT2D eigenvalue weighted by Crippen LogP contribution is 2.32. The second kappa shape index (κ2) is 6.90. The molecule has 1 aliphatic heterocycles. The molecule has 2 N–H and O–H groups in total. The quantitative estimate of drug-likeness (QED) is 0.888. The zero-order valence-corrected chi connectivity index (χ0v) is 11.8. The standard InChI is InChI=1S/C14H22N2OS/c1-18-10-7-12(11-15)16-8-4-9-17-14-6-3-2-5-13(14)16/h2-3,5-6,12H,4,7-11,15H2,1H3. The molecule has 0 aliphatic carbocycles. The van der Waals surface area contributed by atoms with Crippen LogP contribution in [0.25, 0.3) is 0 Å². The summed E-state index contributed by atoms with van der Waals surface area (Å²) in [6.45, 7) is 2.54. The summed E-state index contributed by atoms with van der Waals surface area (Å²) in [6, 6.07) is 8.71. The molecule has 1 aliphatic rings. The SMILES string of the molecule is CSCCC(CN)N1CCCOc2ccccc21. The minimum atomic E-state index is 0.417. The number of nitrogens with two attached hydrogens (primary N) is 1. The molecule has 4 heteroatoms. The monoisotopic (exact) mass is 266 g/mol. The zero-order chi connectivity index (χ0) is 12.8. The first kappa shape index (κ1) is 13.6. The Morgan fingerprint density at radius 1 is 1.44 bits per heavy atom. The van der Waals surface area contributed by atoms with Gasteiger partial charge >= 0.3 is 0 Å². The highest BCUT2D eigenvalue weighted by Gasteiger charge is 2.22. The van der Waals surface area contributed by atoms with Crippen LogP contribution in [0.2, 0.25) is 0 Å². The van der Waals surface area contributed by atoms with E-state index < -0.39 is 0 Å². The minimum absolute atomic E-state index is 0.417. The predicted octanol–water partition coefficient (Wildman–Crippen LogP) is 2.36. The summed E-state index contributed by atoms with van der Waals surface area (Å²) in [5.74, 6) is 2.15. The van der Waals surface area contributed by atoms with Crippen LogP contribution in [-0.2, 0) is 0 Å². The zero-order valence-electron chi connectivity index (χ0n) is 11.0. The second-order valence-electron chi connectivity index (χ2n) is 4.53. The lowest BCUT2D eigenvalue weighted by atomic mass is 10.1. The first-order valence-corrected chi connectivity index (χ1v) is 7.93. The van der Waals surface area contributed by atoms with Crippen LogP contribution in [0.1, 0.15) is 12.8 Å². The lowest BCUT2D eigenvalue weighted by molar-refractivity contribution is 0.322. The van der Waals surface area contributed by atoms with Gasteiger partial charge in [-0.2, -0.15) is 11.8 Å². The largest absolute Gasteiger partial charge is 0.491 e. The Hall–Kier alpha value is -0.870. The summed E-state index contributed by atoms with van der Waals surface area (Å²) in [5, 5.41) is 0. The van der Waals surface area contributed by atoms with Gasteiger partial charge in [-0.1, -0.05) is 12.1 Å². The number of anilines is 1. The number of nitrogens with zero attached hydrogens (tertiary/aromatic N) is 1. The highest BCUT2D eigenvalue weighted by molar-refractivity contribution is 7.98. The summed E-state index contributed by atoms with van der Waals surface area (Å²) in [5.41, 5.74) is 7.16. The van der Waals surface area contributed by atoms with Gasteiger partial charge in [-0.3, -0.25) is 0 Å². The smallest absolute Gasteiger partial charge is 0.142 e. The average Bonchev–Trinajstić information content (AvgIpc) is 2.63. The Bertz CT molecular complexity index is 373. The number of thioether (sulfide) groups is 1. The number of hydrogen-bond acceptors (Lipinski definition) is 4. The molecule has 1 aromatic rings. The lowest BCUT2D eigenvalue weighted by Crippen LogP contribution is -2.41. The summed E-state index contributed by atoms with van der Waals surface area (Å²) in [6.07, 6.45) is 4.34. The van der Waals surface area contributed by atoms with Gasteiger partial charge < -0.3 is 15.4 Å². The molecular weight excluding hydrogens is 244 g/mol. The third kappa shape index (κ3) is 3.12. The first-order valence-electron chi connectivity index (χ1n) is 6.54. The van der Waals surface area contributed by atoms with Crippen molar-refractivity contribution in [3.8, 4) is 5.75 Å². The first-order chi connectivity index (χ1) is 8.86. The number of ether oxygens (including phenoxy) is 1. The number of benzene rings is 1. The summed E-state index contributed by atoms with van der Waals surface area (Å²) >= 11 is 1.88. The predicted molar refractivity (Wildman–Crippen MR) is 79.7 cm³/mol. The Balaban J connectivity index is 2.20. The Labute approximate surface area is 114 Å². The van der Waals surface area contributed by atoms with Crippen LogP contribution in [0.15, 0.2) is 24.3 Å². The van der Waals surface area contributed by atoms with Crippen molar-refractivity contribution in [3.63, 3.8) is 0 Å². The molecule has 0 spiro atoms. The van der Waals surface area contributed by atoms with E-state index in [0.29, 0.717) is 12.6 Å². The topological polar surface area (TPSA) is 38.5 Å². The van der Waals surface area contributed by atoms with Crippen molar-refractivity contribution in [3.05, 3.63) is 24.3 Å². The van der Waals surface area contributed by atoms with E-state index in [-0.39, 0.29) is 0 Å². The summed E-state index contributed by atoms with van der Waals surface area (Å²) < 4.78 is 5.79. The average molecular weight is 266 g/mol. The van der Waals surface area contributed by atoms with Crippen LogP contribution < -0.4 is 15.4 Å². The number of hydrogen-bond donors (Lipinski definition) is 1. The molecular formula is C14H22N2OS. The lowest BCUT2D eigenvalue weighted by Gasteiger charge is -2.32. The number of fused-ring (bicyclic) bond motifs is 1. The molecule has 0 bridgehead atoms. The van der Waals surface area contributed by atoms with Crippen molar-refractivity contribution in [2.45, 2.75) is 18.9 Å². The minimum Gasteiger partial charge on any atom is -0.491 e. The van der Waals surface area contributed by atoms with Crippen molar-refractivity contribution in [1.29, 1.82) is 0 Å². The molecule has 1 unspecified atom stereocenters. The molecule has 1 heterocycles. The van der Waals surface area contributed by atoms with Crippen LogP contribution in [0, 0.1) is 0 Å². The maximum Gasteiger partial charge on any atom is 0.142 e. The van der Waals surface area contributed by atoms with Crippen LogP contribution in [0.4, 0.5) is 5.69 Å². The summed E-state index contributed by atoms with van der Waals surface area (Å²) in [7, 11) is 0. The van der Waals surface area contributed by atoms with Crippen molar-refractivity contribution in [2.24, 2.45) is 5.73 Å². The van der Waals surface area contributed by atoms with Crippen molar-refractivity contribution in [2.75, 3.05) is 36.6 Å². The molecule has 0 saturated carbocycles. The number of rotatable bonds is 5. The van der Waals surface area contributed by atoms with E-state index in [1.165, 1.54) is 5.69 Å². The van der Waals surface area contributed by atoms with E-state index >= 15 is 0 Å². The molecule has 1 aromatic carbocycles. The molecule has 0 fully saturated rings. The maximum atomic E-state index is 5.96. The van der Waals surface area contributed by atoms with E-state index in [4.69, 9.17) is 10.5 Å². The van der Waals surface area contributed by atoms with Crippen LogP contribution >= 0.6 is 11.8 Å². The molecule has 100 valence electrons. The number of para-hydroxylation sites is 2. The van der Waals surface area contributed by atoms with Crippen molar-refractivity contribution < 1.29 is 4.74 Å². The van der Waals surface area contributed by atoms with Gasteiger partial charge in [-0.25, -0.2) is 0 Å². The van der Waals surface area contributed by atoms with Crippen molar-refractivity contribution >= 4 is 17.4 Å². The highest BCUT2D eigenvalue weighted by atomic mass is 32.2. The molecule has 18 heavy (non-hydrogen) atoms. The van der Waals surface area contributed by atoms with Crippen LogP contribution in [0.5, 0.6) is 5.75 Å². The van der Waals surface area contributed by atoms with E-state index in [1.54, 1.807) is 0 Å². The maximum absolute atomic E-state index is 5.96. The fraction of sp³-hybridized carbons (Fsp3) is 0.571. The van der Waals surface area contributed by atoms with Gasteiger partial charge in [-0.15, -0.1) is 0 Å². The van der Waals surface area contributed by atoms with Gasteiger partial charge in [0, 0.05) is 19.1 Å². The molecule has 1 atom stereocenters. The Morgan fingerprint density at radius 3 is 3.06 bits per heavy atom. The van der Waals surface area contributed by atoms with Crippen molar-refractivity contribution in [1.82, 2.24) is 0 Å². The van der Waals surface area contributed by atoms with E-state index in [1.807, 2.05) is 17.8 Å². The molecule has 3 nitrogen and oxygen atoms in total. The van der Waals surface area contributed by atoms with Gasteiger partial charge in [0.25, 0.3) is 0 Å². The van der Waals surface area contributed by atoms with Gasteiger partial charge in [0.2, 0.25) is 0 Å². The Morgan fingerprint density at radius 2 is 2.28 bits per heavy atom. The fourth-order valence-electron chi connectivity index (χ4n) is 2.39. The fourth-order valence-corrected chi connectivity index (χ4v) is 2.90. The normalized spacial score (nSPS) is 16.7. The van der Waals surface area contributed by atoms with Crippen LogP contribution in [-0.4, -0.2) is 37.7 Å². The van der Waals surface area contributed by atoms with E-state index in [2.05, 4.69) is 29.4 Å². The van der Waals surface area contributed by atoms with Gasteiger partial charge in [-0.05, 0) is 37.0 Å².